The Labute approximate surface area is 238 Å². The molecule has 0 fully saturated rings. The van der Waals surface area contributed by atoms with Gasteiger partial charge >= 0.3 is 0 Å². The Hall–Kier alpha value is -3.97. The monoisotopic (exact) mass is 580 g/mol. The molecule has 0 unspecified atom stereocenters. The molecule has 0 aliphatic heterocycles. The highest BCUT2D eigenvalue weighted by atomic mass is 35.5. The number of nitriles is 1. The third kappa shape index (κ3) is 5.45. The number of halogens is 4. The van der Waals surface area contributed by atoms with E-state index in [0.717, 1.165) is 0 Å². The van der Waals surface area contributed by atoms with Crippen molar-refractivity contribution in [2.75, 3.05) is 10.6 Å². The van der Waals surface area contributed by atoms with Gasteiger partial charge in [-0.2, -0.15) is 5.26 Å². The smallest absolute Gasteiger partial charge is 0.141 e. The van der Waals surface area contributed by atoms with Gasteiger partial charge in [-0.3, -0.25) is 4.98 Å². The number of hydrogen-bond acceptors (Lipinski definition) is 7. The lowest BCUT2D eigenvalue weighted by atomic mass is 10.0. The van der Waals surface area contributed by atoms with Gasteiger partial charge in [0.1, 0.15) is 28.8 Å². The molecule has 0 amide bonds. The maximum Gasteiger partial charge on any atom is 0.141 e. The molecule has 2 N–H and O–H groups in total. The number of nitrogens with zero attached hydrogens (tertiary/aromatic N) is 6. The van der Waals surface area contributed by atoms with Crippen molar-refractivity contribution in [3.8, 4) is 6.07 Å². The van der Waals surface area contributed by atoms with E-state index in [4.69, 9.17) is 34.8 Å². The largest absolute Gasteiger partial charge is 0.373 e. The lowest BCUT2D eigenvalue weighted by Gasteiger charge is -2.20. The Kier molecular flexibility index (Phi) is 7.53. The van der Waals surface area contributed by atoms with Gasteiger partial charge in [0, 0.05) is 40.8 Å². The molecule has 0 aliphatic carbocycles. The minimum absolute atomic E-state index is 0.0529. The summed E-state index contributed by atoms with van der Waals surface area (Å²) >= 11 is 19.1. The van der Waals surface area contributed by atoms with Crippen molar-refractivity contribution in [2.24, 2.45) is 0 Å². The van der Waals surface area contributed by atoms with Crippen molar-refractivity contribution in [3.05, 3.63) is 98.9 Å². The van der Waals surface area contributed by atoms with Gasteiger partial charge in [0.05, 0.1) is 33.0 Å². The number of rotatable bonds is 7. The Morgan fingerprint density at radius 1 is 1.03 bits per heavy atom. The third-order valence-corrected chi connectivity index (χ3v) is 6.89. The van der Waals surface area contributed by atoms with E-state index in [1.165, 1.54) is 24.4 Å². The van der Waals surface area contributed by atoms with E-state index in [1.54, 1.807) is 23.0 Å². The maximum atomic E-state index is 13.7. The van der Waals surface area contributed by atoms with Crippen LogP contribution in [-0.4, -0.2) is 25.0 Å². The molecule has 5 aromatic rings. The summed E-state index contributed by atoms with van der Waals surface area (Å²) in [4.78, 5) is 8.62. The molecule has 0 saturated heterocycles. The van der Waals surface area contributed by atoms with Gasteiger partial charge in [-0.05, 0) is 50.2 Å². The van der Waals surface area contributed by atoms with Gasteiger partial charge < -0.3 is 10.6 Å². The van der Waals surface area contributed by atoms with E-state index in [1.807, 2.05) is 32.2 Å². The zero-order valence-corrected chi connectivity index (χ0v) is 22.9. The summed E-state index contributed by atoms with van der Waals surface area (Å²) in [6.45, 7) is 4.01. The highest BCUT2D eigenvalue weighted by Gasteiger charge is 2.23. The van der Waals surface area contributed by atoms with E-state index in [9.17, 15) is 9.65 Å². The van der Waals surface area contributed by atoms with E-state index in [-0.39, 0.29) is 16.6 Å². The Morgan fingerprint density at radius 2 is 1.82 bits per heavy atom. The standard InChI is InChI=1S/C27H20Cl3FN8/c1-14(2)39-13-23(37-38-39)26(18-4-3-7-33-27(18)30)36-17-8-19-24(35-16-5-6-22(31)20(28)9-16)15(11-32)12-34-25(19)21(29)10-17/h3-10,12-14,26,36H,1-2H3,(H,34,35)/t26-/m0/s1. The highest BCUT2D eigenvalue weighted by molar-refractivity contribution is 6.36. The molecule has 0 bridgehead atoms. The summed E-state index contributed by atoms with van der Waals surface area (Å²) in [5.41, 5.74) is 3.59. The van der Waals surface area contributed by atoms with Gasteiger partial charge in [-0.1, -0.05) is 46.1 Å². The second-order valence-electron chi connectivity index (χ2n) is 8.94. The van der Waals surface area contributed by atoms with Gasteiger partial charge in [0.15, 0.2) is 0 Å². The fourth-order valence-electron chi connectivity index (χ4n) is 4.05. The molecule has 2 aromatic carbocycles. The van der Waals surface area contributed by atoms with Crippen molar-refractivity contribution >= 4 is 62.8 Å². The normalized spacial score (nSPS) is 11.9. The lowest BCUT2D eigenvalue weighted by molar-refractivity contribution is 0.514. The van der Waals surface area contributed by atoms with Crippen LogP contribution in [0, 0.1) is 17.1 Å². The first-order chi connectivity index (χ1) is 18.7. The van der Waals surface area contributed by atoms with Crippen molar-refractivity contribution in [1.82, 2.24) is 25.0 Å². The average Bonchev–Trinajstić information content (AvgIpc) is 3.41. The van der Waals surface area contributed by atoms with Crippen LogP contribution in [0.25, 0.3) is 10.9 Å². The summed E-state index contributed by atoms with van der Waals surface area (Å²) in [7, 11) is 0. The van der Waals surface area contributed by atoms with Gasteiger partial charge in [-0.25, -0.2) is 14.1 Å². The zero-order valence-electron chi connectivity index (χ0n) is 20.6. The predicted molar refractivity (Wildman–Crippen MR) is 151 cm³/mol. The van der Waals surface area contributed by atoms with Crippen LogP contribution in [0.15, 0.2) is 61.1 Å². The molecule has 0 spiro atoms. The SMILES string of the molecule is CC(C)n1cc([C@@H](Nc2cc(Cl)c3ncc(C#N)c(Nc4ccc(F)c(Cl)c4)c3c2)c2cccnc2Cl)nn1. The quantitative estimate of drug-likeness (QED) is 0.190. The van der Waals surface area contributed by atoms with Crippen LogP contribution >= 0.6 is 34.8 Å². The van der Waals surface area contributed by atoms with Crippen LogP contribution in [0.1, 0.15) is 42.8 Å². The van der Waals surface area contributed by atoms with E-state index < -0.39 is 11.9 Å². The first-order valence-corrected chi connectivity index (χ1v) is 12.9. The van der Waals surface area contributed by atoms with Gasteiger partial charge in [0.25, 0.3) is 0 Å². The average molecular weight is 582 g/mol. The van der Waals surface area contributed by atoms with Crippen molar-refractivity contribution in [3.63, 3.8) is 0 Å². The van der Waals surface area contributed by atoms with Crippen LogP contribution in [0.4, 0.5) is 21.5 Å². The minimum atomic E-state index is -0.550. The molecule has 8 nitrogen and oxygen atoms in total. The highest BCUT2D eigenvalue weighted by Crippen LogP contribution is 2.37. The molecule has 196 valence electrons. The number of nitrogens with one attached hydrogen (secondary N) is 2. The van der Waals surface area contributed by atoms with Crippen LogP contribution in [0.3, 0.4) is 0 Å². The van der Waals surface area contributed by atoms with Crippen LogP contribution in [0.2, 0.25) is 15.2 Å². The Bertz CT molecular complexity index is 1730. The molecular formula is C27H20Cl3FN8. The third-order valence-electron chi connectivity index (χ3n) is 6.00. The number of aromatic nitrogens is 5. The molecule has 1 atom stereocenters. The molecule has 3 heterocycles. The second kappa shape index (κ2) is 11.0. The van der Waals surface area contributed by atoms with Crippen molar-refractivity contribution < 1.29 is 4.39 Å². The van der Waals surface area contributed by atoms with Crippen LogP contribution in [0.5, 0.6) is 0 Å². The lowest BCUT2D eigenvalue weighted by Crippen LogP contribution is -2.14. The Balaban J connectivity index is 1.63. The van der Waals surface area contributed by atoms with Gasteiger partial charge in [0.2, 0.25) is 0 Å². The summed E-state index contributed by atoms with van der Waals surface area (Å²) in [6, 6.07) is 13.1. The molecule has 0 saturated carbocycles. The topological polar surface area (TPSA) is 104 Å². The molecule has 0 radical (unpaired) electrons. The number of pyridine rings is 2. The molecule has 5 rings (SSSR count). The van der Waals surface area contributed by atoms with Gasteiger partial charge in [-0.15, -0.1) is 5.10 Å². The van der Waals surface area contributed by atoms with Crippen LogP contribution < -0.4 is 10.6 Å². The molecule has 39 heavy (non-hydrogen) atoms. The first kappa shape index (κ1) is 26.6. The molecule has 0 aliphatic rings. The summed E-state index contributed by atoms with van der Waals surface area (Å²) in [5, 5.41) is 26.2. The van der Waals surface area contributed by atoms with E-state index in [2.05, 4.69) is 37.0 Å². The number of benzene rings is 2. The maximum absolute atomic E-state index is 13.7. The van der Waals surface area contributed by atoms with Crippen molar-refractivity contribution in [2.45, 2.75) is 25.9 Å². The summed E-state index contributed by atoms with van der Waals surface area (Å²) < 4.78 is 15.5. The van der Waals surface area contributed by atoms with Crippen LogP contribution in [-0.2, 0) is 0 Å². The first-order valence-electron chi connectivity index (χ1n) is 11.8. The summed E-state index contributed by atoms with van der Waals surface area (Å²) in [5.74, 6) is -0.550. The minimum Gasteiger partial charge on any atom is -0.373 e. The summed E-state index contributed by atoms with van der Waals surface area (Å²) in [6.07, 6.45) is 4.88. The zero-order chi connectivity index (χ0) is 27.7. The Morgan fingerprint density at radius 3 is 2.51 bits per heavy atom. The number of hydrogen-bond donors (Lipinski definition) is 2. The fourth-order valence-corrected chi connectivity index (χ4v) is 4.72. The van der Waals surface area contributed by atoms with E-state index >= 15 is 0 Å². The molecular weight excluding hydrogens is 562 g/mol. The molecule has 3 aromatic heterocycles. The fraction of sp³-hybridized carbons (Fsp3) is 0.148. The second-order valence-corrected chi connectivity index (χ2v) is 10.1. The van der Waals surface area contributed by atoms with Crippen molar-refractivity contribution in [1.29, 1.82) is 5.26 Å². The number of anilines is 3. The predicted octanol–water partition coefficient (Wildman–Crippen LogP) is 7.72. The van der Waals surface area contributed by atoms with E-state index in [0.29, 0.717) is 49.4 Å². The number of fused-ring (bicyclic) bond motifs is 1. The molecule has 12 heteroatoms.